The van der Waals surface area contributed by atoms with Gasteiger partial charge in [-0.1, -0.05) is 66.4 Å². The van der Waals surface area contributed by atoms with Crippen molar-refractivity contribution in [2.45, 2.75) is 13.8 Å². The lowest BCUT2D eigenvalue weighted by Gasteiger charge is -1.96. The molecule has 0 heterocycles. The molecule has 4 nitrogen and oxygen atoms in total. The standard InChI is InChI=1S/2C8H8BrNO/c2*1-6(10-11)7-2-4-8(9)5-3-7/h2*2-5,11H,1H3/b2*10-6+. The van der Waals surface area contributed by atoms with Gasteiger partial charge in [-0.15, -0.1) is 0 Å². The molecular formula is C16H16Br2N2O2. The van der Waals surface area contributed by atoms with Crippen molar-refractivity contribution in [3.8, 4) is 0 Å². The average Bonchev–Trinajstić information content (AvgIpc) is 2.55. The summed E-state index contributed by atoms with van der Waals surface area (Å²) >= 11 is 6.63. The summed E-state index contributed by atoms with van der Waals surface area (Å²) in [4.78, 5) is 0. The minimum Gasteiger partial charge on any atom is -0.411 e. The van der Waals surface area contributed by atoms with Crippen LogP contribution >= 0.6 is 31.9 Å². The molecule has 0 unspecified atom stereocenters. The monoisotopic (exact) mass is 426 g/mol. The summed E-state index contributed by atoms with van der Waals surface area (Å²) in [5, 5.41) is 23.0. The fourth-order valence-corrected chi connectivity index (χ4v) is 2.03. The molecule has 0 saturated carbocycles. The van der Waals surface area contributed by atoms with Gasteiger partial charge in [0.05, 0.1) is 11.4 Å². The van der Waals surface area contributed by atoms with E-state index in [1.807, 2.05) is 48.5 Å². The minimum absolute atomic E-state index is 0.623. The zero-order valence-electron chi connectivity index (χ0n) is 12.2. The highest BCUT2D eigenvalue weighted by atomic mass is 79.9. The number of nitrogens with zero attached hydrogens (tertiary/aromatic N) is 2. The highest BCUT2D eigenvalue weighted by molar-refractivity contribution is 9.10. The van der Waals surface area contributed by atoms with E-state index in [9.17, 15) is 0 Å². The van der Waals surface area contributed by atoms with Crippen LogP contribution in [-0.2, 0) is 0 Å². The molecule has 116 valence electrons. The Hall–Kier alpha value is -1.66. The third-order valence-electron chi connectivity index (χ3n) is 2.82. The van der Waals surface area contributed by atoms with Gasteiger partial charge >= 0.3 is 0 Å². The molecule has 2 aromatic carbocycles. The molecule has 0 aromatic heterocycles. The number of hydrogen-bond donors (Lipinski definition) is 2. The Balaban J connectivity index is 0.000000220. The van der Waals surface area contributed by atoms with Crippen molar-refractivity contribution in [1.82, 2.24) is 0 Å². The Morgan fingerprint density at radius 1 is 0.682 bits per heavy atom. The average molecular weight is 428 g/mol. The van der Waals surface area contributed by atoms with Crippen LogP contribution in [0.3, 0.4) is 0 Å². The Labute approximate surface area is 146 Å². The molecule has 0 aliphatic heterocycles. The molecule has 0 aliphatic carbocycles. The van der Waals surface area contributed by atoms with Gasteiger partial charge in [0.25, 0.3) is 0 Å². The van der Waals surface area contributed by atoms with Gasteiger partial charge in [0.1, 0.15) is 0 Å². The Kier molecular flexibility index (Phi) is 7.84. The van der Waals surface area contributed by atoms with E-state index < -0.39 is 0 Å². The van der Waals surface area contributed by atoms with Crippen LogP contribution in [0.4, 0.5) is 0 Å². The van der Waals surface area contributed by atoms with E-state index in [2.05, 4.69) is 42.2 Å². The van der Waals surface area contributed by atoms with Crippen LogP contribution in [0.15, 0.2) is 67.8 Å². The molecule has 0 spiro atoms. The lowest BCUT2D eigenvalue weighted by Crippen LogP contribution is -1.92. The van der Waals surface area contributed by atoms with Gasteiger partial charge in [0.2, 0.25) is 0 Å². The quantitative estimate of drug-likeness (QED) is 0.388. The maximum absolute atomic E-state index is 8.43. The maximum Gasteiger partial charge on any atom is 0.0836 e. The smallest absolute Gasteiger partial charge is 0.0836 e. The zero-order valence-corrected chi connectivity index (χ0v) is 15.3. The fraction of sp³-hybridized carbons (Fsp3) is 0.125. The predicted octanol–water partition coefficient (Wildman–Crippen LogP) is 5.29. The van der Waals surface area contributed by atoms with Gasteiger partial charge in [0, 0.05) is 8.95 Å². The van der Waals surface area contributed by atoms with Crippen LogP contribution in [0, 0.1) is 0 Å². The van der Waals surface area contributed by atoms with Crippen LogP contribution in [0.25, 0.3) is 0 Å². The van der Waals surface area contributed by atoms with Crippen molar-refractivity contribution in [3.05, 3.63) is 68.6 Å². The Morgan fingerprint density at radius 3 is 1.18 bits per heavy atom. The second-order valence-electron chi connectivity index (χ2n) is 4.38. The van der Waals surface area contributed by atoms with E-state index in [1.54, 1.807) is 13.8 Å². The number of hydrogen-bond acceptors (Lipinski definition) is 4. The predicted molar refractivity (Wildman–Crippen MR) is 96.3 cm³/mol. The lowest BCUT2D eigenvalue weighted by molar-refractivity contribution is 0.319. The first-order valence-corrected chi connectivity index (χ1v) is 7.95. The van der Waals surface area contributed by atoms with E-state index in [4.69, 9.17) is 10.4 Å². The zero-order chi connectivity index (χ0) is 16.5. The summed E-state index contributed by atoms with van der Waals surface area (Å²) in [7, 11) is 0. The summed E-state index contributed by atoms with van der Waals surface area (Å²) < 4.78 is 2.04. The van der Waals surface area contributed by atoms with Gasteiger partial charge < -0.3 is 10.4 Å². The Bertz CT molecular complexity index is 591. The largest absolute Gasteiger partial charge is 0.411 e. The third-order valence-corrected chi connectivity index (χ3v) is 3.88. The second-order valence-corrected chi connectivity index (χ2v) is 6.22. The highest BCUT2D eigenvalue weighted by Gasteiger charge is 1.96. The first-order valence-electron chi connectivity index (χ1n) is 6.37. The lowest BCUT2D eigenvalue weighted by atomic mass is 10.1. The van der Waals surface area contributed by atoms with Crippen molar-refractivity contribution >= 4 is 43.3 Å². The molecule has 6 heteroatoms. The van der Waals surface area contributed by atoms with Crippen molar-refractivity contribution in [2.24, 2.45) is 10.3 Å². The van der Waals surface area contributed by atoms with E-state index in [1.165, 1.54) is 0 Å². The first-order chi connectivity index (χ1) is 10.5. The molecule has 0 atom stereocenters. The summed E-state index contributed by atoms with van der Waals surface area (Å²) in [5.41, 5.74) is 3.10. The molecule has 0 amide bonds. The van der Waals surface area contributed by atoms with Crippen molar-refractivity contribution in [1.29, 1.82) is 0 Å². The molecule has 0 bridgehead atoms. The van der Waals surface area contributed by atoms with Gasteiger partial charge in [0.15, 0.2) is 0 Å². The van der Waals surface area contributed by atoms with Gasteiger partial charge in [-0.3, -0.25) is 0 Å². The van der Waals surface area contributed by atoms with Crippen molar-refractivity contribution in [2.75, 3.05) is 0 Å². The molecule has 2 aromatic rings. The number of rotatable bonds is 2. The van der Waals surface area contributed by atoms with Crippen LogP contribution in [0.2, 0.25) is 0 Å². The third kappa shape index (κ3) is 5.99. The summed E-state index contributed by atoms with van der Waals surface area (Å²) in [6.07, 6.45) is 0. The highest BCUT2D eigenvalue weighted by Crippen LogP contribution is 2.11. The maximum atomic E-state index is 8.43. The van der Waals surface area contributed by atoms with E-state index in [-0.39, 0.29) is 0 Å². The number of halogens is 2. The topological polar surface area (TPSA) is 65.2 Å². The van der Waals surface area contributed by atoms with Crippen LogP contribution in [0.1, 0.15) is 25.0 Å². The van der Waals surface area contributed by atoms with E-state index in [0.29, 0.717) is 11.4 Å². The number of benzene rings is 2. The molecule has 0 radical (unpaired) electrons. The summed E-state index contributed by atoms with van der Waals surface area (Å²) in [6.45, 7) is 3.51. The molecule has 2 rings (SSSR count). The van der Waals surface area contributed by atoms with Crippen LogP contribution in [-0.4, -0.2) is 21.8 Å². The van der Waals surface area contributed by atoms with Gasteiger partial charge in [-0.05, 0) is 49.2 Å². The van der Waals surface area contributed by atoms with Crippen molar-refractivity contribution < 1.29 is 10.4 Å². The number of oxime groups is 2. The van der Waals surface area contributed by atoms with Gasteiger partial charge in [-0.25, -0.2) is 0 Å². The summed E-state index contributed by atoms with van der Waals surface area (Å²) in [6, 6.07) is 15.2. The minimum atomic E-state index is 0.623. The van der Waals surface area contributed by atoms with E-state index in [0.717, 1.165) is 20.1 Å². The molecule has 0 aliphatic rings. The SMILES string of the molecule is C/C(=N\O)c1ccc(Br)cc1.C/C(=N\O)c1ccc(Br)cc1. The van der Waals surface area contributed by atoms with Crippen LogP contribution < -0.4 is 0 Å². The molecule has 22 heavy (non-hydrogen) atoms. The molecule has 0 saturated heterocycles. The fourth-order valence-electron chi connectivity index (χ4n) is 1.50. The van der Waals surface area contributed by atoms with E-state index >= 15 is 0 Å². The van der Waals surface area contributed by atoms with Crippen LogP contribution in [0.5, 0.6) is 0 Å². The first kappa shape index (κ1) is 18.4. The normalized spacial score (nSPS) is 11.6. The molecule has 2 N–H and O–H groups in total. The summed E-state index contributed by atoms with van der Waals surface area (Å²) in [5.74, 6) is 0. The Morgan fingerprint density at radius 2 is 0.955 bits per heavy atom. The van der Waals surface area contributed by atoms with Gasteiger partial charge in [-0.2, -0.15) is 0 Å². The van der Waals surface area contributed by atoms with Crippen molar-refractivity contribution in [3.63, 3.8) is 0 Å². The molecule has 0 fully saturated rings. The second kappa shape index (κ2) is 9.38. The molecular weight excluding hydrogens is 412 g/mol.